The van der Waals surface area contributed by atoms with Crippen LogP contribution >= 0.6 is 0 Å². The topological polar surface area (TPSA) is 174 Å². The van der Waals surface area contributed by atoms with Gasteiger partial charge in [0.15, 0.2) is 6.29 Å². The second-order valence-electron chi connectivity index (χ2n) is 17.2. The Labute approximate surface area is 272 Å². The fraction of sp³-hybridized carbons (Fsp3) is 0.889. The van der Waals surface area contributed by atoms with Gasteiger partial charge in [-0.3, -0.25) is 9.59 Å². The first-order valence-corrected chi connectivity index (χ1v) is 17.6. The summed E-state index contributed by atoms with van der Waals surface area (Å²) in [7, 11) is 0. The van der Waals surface area contributed by atoms with Crippen LogP contribution in [0.4, 0.5) is 0 Å². The third-order valence-corrected chi connectivity index (χ3v) is 15.3. The number of aliphatic carboxylic acids is 2. The number of aliphatic hydroxyl groups excluding tert-OH is 4. The third-order valence-electron chi connectivity index (χ3n) is 15.3. The van der Waals surface area contributed by atoms with Crippen molar-refractivity contribution in [3.8, 4) is 0 Å². The summed E-state index contributed by atoms with van der Waals surface area (Å²) in [6.45, 7) is 12.6. The van der Waals surface area contributed by atoms with Crippen molar-refractivity contribution in [1.29, 1.82) is 0 Å². The van der Waals surface area contributed by atoms with Gasteiger partial charge in [-0.15, -0.1) is 0 Å². The Hall–Kier alpha value is -1.56. The summed E-state index contributed by atoms with van der Waals surface area (Å²) in [5.74, 6) is -1.24. The van der Waals surface area contributed by atoms with Gasteiger partial charge in [-0.05, 0) is 104 Å². The molecular formula is C36H56O10. The number of allylic oxidation sites excluding steroid dienone is 1. The van der Waals surface area contributed by atoms with Crippen molar-refractivity contribution in [3.63, 3.8) is 0 Å². The van der Waals surface area contributed by atoms with Crippen molar-refractivity contribution in [3.05, 3.63) is 11.6 Å². The lowest BCUT2D eigenvalue weighted by atomic mass is 9.33. The molecule has 0 amide bonds. The van der Waals surface area contributed by atoms with Crippen molar-refractivity contribution in [2.75, 3.05) is 6.61 Å². The number of carboxylic acids is 2. The molecule has 0 bridgehead atoms. The summed E-state index contributed by atoms with van der Waals surface area (Å²) in [5.41, 5.74) is -2.32. The zero-order valence-corrected chi connectivity index (χ0v) is 28.3. The van der Waals surface area contributed by atoms with Crippen LogP contribution in [0.1, 0.15) is 99.3 Å². The molecule has 0 aromatic heterocycles. The molecule has 4 saturated carbocycles. The van der Waals surface area contributed by atoms with Crippen LogP contribution in [-0.4, -0.2) is 86.0 Å². The largest absolute Gasteiger partial charge is 0.481 e. The minimum absolute atomic E-state index is 0.0692. The van der Waals surface area contributed by atoms with Crippen LogP contribution in [0.5, 0.6) is 0 Å². The number of fused-ring (bicyclic) bond motifs is 7. The van der Waals surface area contributed by atoms with Crippen molar-refractivity contribution in [1.82, 2.24) is 0 Å². The van der Waals surface area contributed by atoms with Crippen molar-refractivity contribution in [2.45, 2.75) is 136 Å². The van der Waals surface area contributed by atoms with Gasteiger partial charge in [-0.25, -0.2) is 0 Å². The second kappa shape index (κ2) is 11.2. The fourth-order valence-corrected chi connectivity index (χ4v) is 12.6. The molecule has 6 aliphatic rings. The van der Waals surface area contributed by atoms with E-state index in [1.54, 1.807) is 0 Å². The molecule has 10 heteroatoms. The SMILES string of the molecule is C[C@H]1[C@H](C)CC[C@]2(C(=O)O)CC[C@]3(C(=O)O)C(=CC[C@H]4[C@@]5(C)CC[C@H](O[C@@H]6O[C@H](CO)[C@@H](O)[C@H](O)[C@H]6O)C(C)(C)[C@@H]5CC[C@]43C)[C@H]12. The van der Waals surface area contributed by atoms with E-state index in [0.717, 1.165) is 31.3 Å². The van der Waals surface area contributed by atoms with E-state index in [1.165, 1.54) is 0 Å². The van der Waals surface area contributed by atoms with Gasteiger partial charge < -0.3 is 40.1 Å². The van der Waals surface area contributed by atoms with E-state index in [1.807, 2.05) is 0 Å². The highest BCUT2D eigenvalue weighted by molar-refractivity contribution is 5.84. The van der Waals surface area contributed by atoms with Gasteiger partial charge >= 0.3 is 11.9 Å². The Morgan fingerprint density at radius 1 is 0.870 bits per heavy atom. The molecule has 0 aromatic rings. The van der Waals surface area contributed by atoms with Crippen molar-refractivity contribution in [2.24, 2.45) is 56.7 Å². The zero-order chi connectivity index (χ0) is 33.8. The molecule has 0 spiro atoms. The summed E-state index contributed by atoms with van der Waals surface area (Å²) in [6.07, 6.45) is 0.942. The molecule has 6 rings (SSSR count). The van der Waals surface area contributed by atoms with E-state index < -0.39 is 70.9 Å². The first-order chi connectivity index (χ1) is 21.4. The highest BCUT2D eigenvalue weighted by Crippen LogP contribution is 2.76. The van der Waals surface area contributed by atoms with Crippen LogP contribution in [0.15, 0.2) is 11.6 Å². The maximum Gasteiger partial charge on any atom is 0.314 e. The van der Waals surface area contributed by atoms with Gasteiger partial charge in [0, 0.05) is 0 Å². The first kappa shape index (κ1) is 34.3. The normalized spacial score (nSPS) is 53.1. The molecule has 5 aliphatic carbocycles. The van der Waals surface area contributed by atoms with E-state index >= 15 is 0 Å². The molecule has 1 saturated heterocycles. The summed E-state index contributed by atoms with van der Waals surface area (Å²) < 4.78 is 12.1. The molecule has 1 heterocycles. The highest BCUT2D eigenvalue weighted by Gasteiger charge is 2.73. The third kappa shape index (κ3) is 4.35. The van der Waals surface area contributed by atoms with Crippen LogP contribution in [0, 0.1) is 56.7 Å². The van der Waals surface area contributed by atoms with E-state index in [4.69, 9.17) is 9.47 Å². The monoisotopic (exact) mass is 648 g/mol. The highest BCUT2D eigenvalue weighted by atomic mass is 16.7. The number of carboxylic acid groups (broad SMARTS) is 2. The molecule has 15 atom stereocenters. The van der Waals surface area contributed by atoms with Gasteiger partial charge in [0.2, 0.25) is 0 Å². The van der Waals surface area contributed by atoms with Gasteiger partial charge in [0.1, 0.15) is 24.4 Å². The lowest BCUT2D eigenvalue weighted by Crippen LogP contribution is -2.68. The van der Waals surface area contributed by atoms with Crippen LogP contribution in [0.25, 0.3) is 0 Å². The van der Waals surface area contributed by atoms with E-state index in [2.05, 4.69) is 47.6 Å². The maximum absolute atomic E-state index is 13.8. The Bertz CT molecular complexity index is 1260. The molecule has 46 heavy (non-hydrogen) atoms. The molecule has 10 nitrogen and oxygen atoms in total. The molecular weight excluding hydrogens is 592 g/mol. The zero-order valence-electron chi connectivity index (χ0n) is 28.3. The average molecular weight is 649 g/mol. The Balaban J connectivity index is 1.34. The van der Waals surface area contributed by atoms with E-state index in [-0.39, 0.29) is 35.2 Å². The molecule has 0 aromatic carbocycles. The van der Waals surface area contributed by atoms with Gasteiger partial charge in [-0.2, -0.15) is 0 Å². The van der Waals surface area contributed by atoms with Crippen LogP contribution < -0.4 is 0 Å². The molecule has 6 N–H and O–H groups in total. The smallest absolute Gasteiger partial charge is 0.314 e. The standard InChI is InChI=1S/C36H56O10/c1-18-9-14-35(30(41)42)15-16-36(31(43)44)20(25(35)19(18)2)7-8-23-33(5)12-11-24(32(3,4)22(33)10-13-34(23,36)6)46-29-28(40)27(39)26(38)21(17-37)45-29/h7,18-19,21-29,37-40H,8-17H2,1-6H3,(H,41,42)(H,43,44)/t18-,19+,21-,22+,23+,24+,25+,26-,27+,28-,29+,33+,34-,35+,36-/m1/s1. The number of ether oxygens (including phenoxy) is 2. The Morgan fingerprint density at radius 2 is 1.57 bits per heavy atom. The lowest BCUT2D eigenvalue weighted by molar-refractivity contribution is -0.330. The summed E-state index contributed by atoms with van der Waals surface area (Å²) in [5, 5.41) is 63.0. The molecule has 260 valence electrons. The number of rotatable bonds is 5. The fourth-order valence-electron chi connectivity index (χ4n) is 12.6. The predicted octanol–water partition coefficient (Wildman–Crippen LogP) is 3.98. The average Bonchev–Trinajstić information content (AvgIpc) is 2.99. The molecule has 0 radical (unpaired) electrons. The summed E-state index contributed by atoms with van der Waals surface area (Å²) >= 11 is 0. The summed E-state index contributed by atoms with van der Waals surface area (Å²) in [4.78, 5) is 26.8. The predicted molar refractivity (Wildman–Crippen MR) is 167 cm³/mol. The number of hydrogen-bond donors (Lipinski definition) is 6. The second-order valence-corrected chi connectivity index (χ2v) is 17.2. The van der Waals surface area contributed by atoms with Crippen LogP contribution in [0.3, 0.4) is 0 Å². The van der Waals surface area contributed by atoms with E-state index in [0.29, 0.717) is 38.0 Å². The van der Waals surface area contributed by atoms with Crippen molar-refractivity contribution >= 4 is 11.9 Å². The van der Waals surface area contributed by atoms with Crippen molar-refractivity contribution < 1.29 is 49.7 Å². The van der Waals surface area contributed by atoms with Gasteiger partial charge in [0.05, 0.1) is 23.5 Å². The Morgan fingerprint density at radius 3 is 2.20 bits per heavy atom. The molecule has 0 unspecified atom stereocenters. The summed E-state index contributed by atoms with van der Waals surface area (Å²) in [6, 6.07) is 0. The quantitative estimate of drug-likeness (QED) is 0.189. The minimum Gasteiger partial charge on any atom is -0.481 e. The van der Waals surface area contributed by atoms with Crippen LogP contribution in [-0.2, 0) is 19.1 Å². The number of carbonyl (C=O) groups is 2. The lowest BCUT2D eigenvalue weighted by Gasteiger charge is -2.70. The number of hydrogen-bond acceptors (Lipinski definition) is 8. The maximum atomic E-state index is 13.8. The molecule has 5 fully saturated rings. The number of aliphatic hydroxyl groups is 4. The first-order valence-electron chi connectivity index (χ1n) is 17.6. The minimum atomic E-state index is -1.51. The molecule has 1 aliphatic heterocycles. The Kier molecular flexibility index (Phi) is 8.38. The van der Waals surface area contributed by atoms with Crippen LogP contribution in [0.2, 0.25) is 0 Å². The van der Waals surface area contributed by atoms with Gasteiger partial charge in [0.25, 0.3) is 0 Å². The van der Waals surface area contributed by atoms with Gasteiger partial charge in [-0.1, -0.05) is 53.2 Å². The van der Waals surface area contributed by atoms with E-state index in [9.17, 15) is 40.2 Å².